The number of anilines is 1. The molecular formula is C10H12N4. The Morgan fingerprint density at radius 1 is 1.50 bits per heavy atom. The van der Waals surface area contributed by atoms with E-state index in [-0.39, 0.29) is 0 Å². The van der Waals surface area contributed by atoms with E-state index in [0.29, 0.717) is 11.7 Å². The highest BCUT2D eigenvalue weighted by Crippen LogP contribution is 2.46. The molecule has 1 saturated carbocycles. The minimum absolute atomic E-state index is 0.530. The first-order chi connectivity index (χ1) is 6.75. The predicted molar refractivity (Wildman–Crippen MR) is 54.8 cm³/mol. The van der Waals surface area contributed by atoms with E-state index < -0.39 is 0 Å². The Bertz CT molecular complexity index is 488. The molecule has 2 atom stereocenters. The number of aromatic nitrogens is 3. The molecule has 2 aromatic rings. The van der Waals surface area contributed by atoms with Crippen LogP contribution in [-0.4, -0.2) is 15.2 Å². The fourth-order valence-electron chi connectivity index (χ4n) is 1.88. The molecule has 1 fully saturated rings. The average Bonchev–Trinajstić information content (AvgIpc) is 2.80. The number of fused-ring (bicyclic) bond motifs is 1. The van der Waals surface area contributed by atoms with Gasteiger partial charge in [0.15, 0.2) is 11.5 Å². The topological polar surface area (TPSA) is 67.6 Å². The van der Waals surface area contributed by atoms with Crippen LogP contribution < -0.4 is 5.73 Å². The summed E-state index contributed by atoms with van der Waals surface area (Å²) in [6, 6.07) is 4.06. The number of hydrogen-bond acceptors (Lipinski definition) is 3. The largest absolute Gasteiger partial charge is 0.382 e. The zero-order valence-electron chi connectivity index (χ0n) is 7.99. The van der Waals surface area contributed by atoms with Crippen molar-refractivity contribution in [1.82, 2.24) is 15.2 Å². The van der Waals surface area contributed by atoms with E-state index in [1.54, 1.807) is 0 Å². The van der Waals surface area contributed by atoms with E-state index in [2.05, 4.69) is 28.2 Å². The average molecular weight is 188 g/mol. The van der Waals surface area contributed by atoms with E-state index in [1.807, 2.05) is 6.07 Å². The summed E-state index contributed by atoms with van der Waals surface area (Å²) in [5.74, 6) is 1.95. The second-order valence-electron chi connectivity index (χ2n) is 4.06. The van der Waals surface area contributed by atoms with Crippen LogP contribution in [0.1, 0.15) is 25.0 Å². The summed E-state index contributed by atoms with van der Waals surface area (Å²) in [7, 11) is 0. The van der Waals surface area contributed by atoms with Crippen molar-refractivity contribution in [1.29, 1.82) is 0 Å². The molecule has 1 aliphatic carbocycles. The number of nitrogen functional groups attached to an aromatic ring is 1. The molecule has 3 N–H and O–H groups in total. The number of nitrogens with two attached hydrogens (primary N) is 1. The van der Waals surface area contributed by atoms with Gasteiger partial charge in [0.1, 0.15) is 0 Å². The smallest absolute Gasteiger partial charge is 0.157 e. The van der Waals surface area contributed by atoms with E-state index in [1.165, 1.54) is 6.42 Å². The van der Waals surface area contributed by atoms with Crippen LogP contribution >= 0.6 is 0 Å². The van der Waals surface area contributed by atoms with Gasteiger partial charge in [-0.05, 0) is 24.5 Å². The third-order valence-corrected chi connectivity index (χ3v) is 2.96. The Hall–Kier alpha value is -1.58. The summed E-state index contributed by atoms with van der Waals surface area (Å²) in [5, 5.41) is 7.68. The van der Waals surface area contributed by atoms with Crippen LogP contribution in [0.15, 0.2) is 12.1 Å². The molecule has 4 nitrogen and oxygen atoms in total. The highest BCUT2D eigenvalue weighted by Gasteiger charge is 2.35. The predicted octanol–water partition coefficient (Wildman–Crippen LogP) is 1.66. The Balaban J connectivity index is 2.12. The normalized spacial score (nSPS) is 25.5. The summed E-state index contributed by atoms with van der Waals surface area (Å²) in [5.41, 5.74) is 7.63. The lowest BCUT2D eigenvalue weighted by Crippen LogP contribution is -1.88. The molecule has 0 radical (unpaired) electrons. The third-order valence-electron chi connectivity index (χ3n) is 2.96. The second kappa shape index (κ2) is 2.47. The summed E-state index contributed by atoms with van der Waals surface area (Å²) in [6.07, 6.45) is 1.25. The minimum Gasteiger partial charge on any atom is -0.382 e. The van der Waals surface area contributed by atoms with Crippen LogP contribution in [0.3, 0.4) is 0 Å². The number of rotatable bonds is 1. The zero-order valence-corrected chi connectivity index (χ0v) is 7.99. The van der Waals surface area contributed by atoms with Crippen molar-refractivity contribution in [2.24, 2.45) is 5.92 Å². The molecule has 3 rings (SSSR count). The Morgan fingerprint density at radius 2 is 2.29 bits per heavy atom. The van der Waals surface area contributed by atoms with Crippen LogP contribution in [0.4, 0.5) is 5.82 Å². The number of hydrogen-bond donors (Lipinski definition) is 2. The second-order valence-corrected chi connectivity index (χ2v) is 4.06. The molecular weight excluding hydrogens is 176 g/mol. The van der Waals surface area contributed by atoms with Crippen molar-refractivity contribution in [2.45, 2.75) is 19.3 Å². The Kier molecular flexibility index (Phi) is 1.37. The molecule has 0 saturated heterocycles. The van der Waals surface area contributed by atoms with Crippen molar-refractivity contribution in [3.63, 3.8) is 0 Å². The lowest BCUT2D eigenvalue weighted by atomic mass is 10.2. The fraction of sp³-hybridized carbons (Fsp3) is 0.400. The molecule has 2 unspecified atom stereocenters. The van der Waals surface area contributed by atoms with E-state index in [9.17, 15) is 0 Å². The summed E-state index contributed by atoms with van der Waals surface area (Å²) < 4.78 is 0. The van der Waals surface area contributed by atoms with Crippen LogP contribution in [-0.2, 0) is 0 Å². The molecule has 2 heterocycles. The van der Waals surface area contributed by atoms with Gasteiger partial charge >= 0.3 is 0 Å². The van der Waals surface area contributed by atoms with Crippen LogP contribution in [0.5, 0.6) is 0 Å². The number of pyridine rings is 1. The summed E-state index contributed by atoms with van der Waals surface area (Å²) in [4.78, 5) is 4.51. The quantitative estimate of drug-likeness (QED) is 0.715. The Labute approximate surface area is 81.5 Å². The lowest BCUT2D eigenvalue weighted by Gasteiger charge is -1.97. The minimum atomic E-state index is 0.530. The van der Waals surface area contributed by atoms with Gasteiger partial charge in [-0.3, -0.25) is 5.10 Å². The van der Waals surface area contributed by atoms with Crippen molar-refractivity contribution in [2.75, 3.05) is 5.73 Å². The van der Waals surface area contributed by atoms with Crippen molar-refractivity contribution in [3.05, 3.63) is 17.8 Å². The maximum Gasteiger partial charge on any atom is 0.157 e. The van der Waals surface area contributed by atoms with E-state index >= 15 is 0 Å². The lowest BCUT2D eigenvalue weighted by molar-refractivity contribution is 0.888. The van der Waals surface area contributed by atoms with Gasteiger partial charge in [0, 0.05) is 11.6 Å². The molecule has 1 aliphatic rings. The molecule has 4 heteroatoms. The van der Waals surface area contributed by atoms with Gasteiger partial charge in [0.25, 0.3) is 0 Å². The number of H-pyrrole nitrogens is 1. The number of nitrogens with one attached hydrogen (secondary N) is 1. The van der Waals surface area contributed by atoms with Gasteiger partial charge < -0.3 is 5.73 Å². The molecule has 14 heavy (non-hydrogen) atoms. The van der Waals surface area contributed by atoms with Crippen molar-refractivity contribution < 1.29 is 0 Å². The molecule has 0 aliphatic heterocycles. The van der Waals surface area contributed by atoms with Crippen molar-refractivity contribution in [3.8, 4) is 0 Å². The first kappa shape index (κ1) is 7.79. The monoisotopic (exact) mass is 188 g/mol. The standard InChI is InChI=1S/C10H12N4/c1-5-4-7(5)8-3-2-6-9(11)13-14-10(6)12-8/h2-3,5,7H,4H2,1H3,(H3,11,12,13,14). The van der Waals surface area contributed by atoms with Gasteiger partial charge in [0.2, 0.25) is 0 Å². The van der Waals surface area contributed by atoms with Crippen LogP contribution in [0.2, 0.25) is 0 Å². The number of aromatic amines is 1. The maximum absolute atomic E-state index is 5.66. The van der Waals surface area contributed by atoms with Gasteiger partial charge in [-0.1, -0.05) is 6.92 Å². The SMILES string of the molecule is CC1CC1c1ccc2c(N)n[nH]c2n1. The van der Waals surface area contributed by atoms with E-state index in [4.69, 9.17) is 5.73 Å². The molecule has 0 bridgehead atoms. The summed E-state index contributed by atoms with van der Waals surface area (Å²) >= 11 is 0. The van der Waals surface area contributed by atoms with Gasteiger partial charge in [-0.15, -0.1) is 0 Å². The molecule has 0 amide bonds. The highest BCUT2D eigenvalue weighted by molar-refractivity contribution is 5.85. The highest BCUT2D eigenvalue weighted by atomic mass is 15.2. The van der Waals surface area contributed by atoms with Crippen molar-refractivity contribution >= 4 is 16.9 Å². The zero-order chi connectivity index (χ0) is 9.71. The molecule has 0 aromatic carbocycles. The molecule has 2 aromatic heterocycles. The van der Waals surface area contributed by atoms with E-state index in [0.717, 1.165) is 22.6 Å². The molecule has 0 spiro atoms. The van der Waals surface area contributed by atoms with Crippen LogP contribution in [0.25, 0.3) is 11.0 Å². The molecule has 72 valence electrons. The fourth-order valence-corrected chi connectivity index (χ4v) is 1.88. The first-order valence-electron chi connectivity index (χ1n) is 4.86. The van der Waals surface area contributed by atoms with Crippen LogP contribution in [0, 0.1) is 5.92 Å². The van der Waals surface area contributed by atoms with Gasteiger partial charge in [-0.2, -0.15) is 5.10 Å². The number of nitrogens with zero attached hydrogens (tertiary/aromatic N) is 2. The first-order valence-corrected chi connectivity index (χ1v) is 4.86. The Morgan fingerprint density at radius 3 is 3.00 bits per heavy atom. The third kappa shape index (κ3) is 0.999. The van der Waals surface area contributed by atoms with Gasteiger partial charge in [0.05, 0.1) is 5.39 Å². The maximum atomic E-state index is 5.66. The van der Waals surface area contributed by atoms with Gasteiger partial charge in [-0.25, -0.2) is 4.98 Å². The summed E-state index contributed by atoms with van der Waals surface area (Å²) in [6.45, 7) is 2.25.